The number of hydrogen-bond donors (Lipinski definition) is 0. The monoisotopic (exact) mass is 381 g/mol. The lowest BCUT2D eigenvalue weighted by Crippen LogP contribution is -2.49. The lowest BCUT2D eigenvalue weighted by Gasteiger charge is -2.35. The number of piperazine rings is 1. The van der Waals surface area contributed by atoms with E-state index in [0.717, 1.165) is 6.42 Å². The number of benzene rings is 2. The molecule has 0 radical (unpaired) electrons. The van der Waals surface area contributed by atoms with Gasteiger partial charge in [0.05, 0.1) is 4.92 Å². The number of carbonyl (C=O) groups is 1. The van der Waals surface area contributed by atoms with Crippen molar-refractivity contribution in [3.05, 3.63) is 69.8 Å². The molecule has 1 heterocycles. The van der Waals surface area contributed by atoms with E-state index in [0.29, 0.717) is 44.2 Å². The van der Waals surface area contributed by atoms with Gasteiger partial charge >= 0.3 is 0 Å². The number of rotatable bonds is 6. The van der Waals surface area contributed by atoms with E-state index in [1.54, 1.807) is 12.1 Å². The van der Waals surface area contributed by atoms with Crippen molar-refractivity contribution in [2.45, 2.75) is 32.6 Å². The molecule has 0 spiro atoms. The first-order valence-electron chi connectivity index (χ1n) is 9.80. The third-order valence-corrected chi connectivity index (χ3v) is 5.33. The van der Waals surface area contributed by atoms with Gasteiger partial charge in [-0.25, -0.2) is 0 Å². The van der Waals surface area contributed by atoms with Gasteiger partial charge in [0, 0.05) is 38.7 Å². The summed E-state index contributed by atoms with van der Waals surface area (Å²) in [5.74, 6) is 0.655. The van der Waals surface area contributed by atoms with Gasteiger partial charge in [0.25, 0.3) is 5.69 Å². The molecule has 0 unspecified atom stereocenters. The van der Waals surface area contributed by atoms with Gasteiger partial charge in [-0.05, 0) is 29.5 Å². The third-order valence-electron chi connectivity index (χ3n) is 5.33. The number of carbonyl (C=O) groups excluding carboxylic acids is 1. The second-order valence-corrected chi connectivity index (χ2v) is 7.51. The minimum Gasteiger partial charge on any atom is -0.362 e. The molecule has 0 aliphatic carbocycles. The Labute approximate surface area is 165 Å². The van der Waals surface area contributed by atoms with E-state index in [4.69, 9.17) is 0 Å². The van der Waals surface area contributed by atoms with Crippen LogP contribution in [0.1, 0.15) is 37.3 Å². The molecule has 3 rings (SSSR count). The molecule has 0 N–H and O–H groups in total. The van der Waals surface area contributed by atoms with E-state index < -0.39 is 0 Å². The zero-order valence-electron chi connectivity index (χ0n) is 16.5. The van der Waals surface area contributed by atoms with Crippen molar-refractivity contribution >= 4 is 17.3 Å². The van der Waals surface area contributed by atoms with Crippen molar-refractivity contribution in [3.63, 3.8) is 0 Å². The van der Waals surface area contributed by atoms with E-state index in [2.05, 4.69) is 38.1 Å². The number of amides is 1. The number of hydrogen-bond acceptors (Lipinski definition) is 4. The molecule has 0 atom stereocenters. The maximum absolute atomic E-state index is 12.6. The maximum Gasteiger partial charge on any atom is 0.292 e. The van der Waals surface area contributed by atoms with Gasteiger partial charge in [-0.2, -0.15) is 0 Å². The number of aryl methyl sites for hydroxylation is 1. The third kappa shape index (κ3) is 4.68. The smallest absolute Gasteiger partial charge is 0.292 e. The number of para-hydroxylation sites is 2. The Bertz CT molecular complexity index is 825. The summed E-state index contributed by atoms with van der Waals surface area (Å²) < 4.78 is 0. The fourth-order valence-corrected chi connectivity index (χ4v) is 3.56. The Morgan fingerprint density at radius 1 is 1.04 bits per heavy atom. The second kappa shape index (κ2) is 8.87. The summed E-state index contributed by atoms with van der Waals surface area (Å²) in [5.41, 5.74) is 3.23. The molecular formula is C22H27N3O3. The van der Waals surface area contributed by atoms with Crippen LogP contribution >= 0.6 is 0 Å². The van der Waals surface area contributed by atoms with Crippen LogP contribution in [0.3, 0.4) is 0 Å². The first kappa shape index (κ1) is 19.9. The number of anilines is 1. The van der Waals surface area contributed by atoms with Crippen LogP contribution in [-0.2, 0) is 11.2 Å². The molecule has 148 valence electrons. The minimum atomic E-state index is -0.350. The zero-order valence-corrected chi connectivity index (χ0v) is 16.5. The number of nitro groups is 1. The average Bonchev–Trinajstić information content (AvgIpc) is 2.72. The van der Waals surface area contributed by atoms with Gasteiger partial charge in [0.1, 0.15) is 5.69 Å². The highest BCUT2D eigenvalue weighted by Gasteiger charge is 2.25. The van der Waals surface area contributed by atoms with E-state index in [-0.39, 0.29) is 16.5 Å². The van der Waals surface area contributed by atoms with E-state index in [1.165, 1.54) is 17.2 Å². The average molecular weight is 381 g/mol. The highest BCUT2D eigenvalue weighted by atomic mass is 16.6. The van der Waals surface area contributed by atoms with Crippen molar-refractivity contribution in [2.24, 2.45) is 0 Å². The van der Waals surface area contributed by atoms with E-state index >= 15 is 0 Å². The van der Waals surface area contributed by atoms with Gasteiger partial charge < -0.3 is 9.80 Å². The highest BCUT2D eigenvalue weighted by Crippen LogP contribution is 2.28. The Kier molecular flexibility index (Phi) is 6.29. The summed E-state index contributed by atoms with van der Waals surface area (Å²) >= 11 is 0. The van der Waals surface area contributed by atoms with Crippen molar-refractivity contribution in [3.8, 4) is 0 Å². The summed E-state index contributed by atoms with van der Waals surface area (Å²) in [5, 5.41) is 11.2. The van der Waals surface area contributed by atoms with Gasteiger partial charge in [-0.3, -0.25) is 14.9 Å². The zero-order chi connectivity index (χ0) is 20.1. The maximum atomic E-state index is 12.6. The minimum absolute atomic E-state index is 0.118. The van der Waals surface area contributed by atoms with Gasteiger partial charge in [-0.1, -0.05) is 50.2 Å². The Hall–Kier alpha value is -2.89. The molecule has 0 aromatic heterocycles. The molecule has 1 amide bonds. The van der Waals surface area contributed by atoms with Crippen molar-refractivity contribution in [2.75, 3.05) is 31.1 Å². The molecule has 28 heavy (non-hydrogen) atoms. The molecule has 2 aromatic carbocycles. The fraction of sp³-hybridized carbons (Fsp3) is 0.409. The number of nitro benzene ring substituents is 1. The molecule has 1 aliphatic heterocycles. The highest BCUT2D eigenvalue weighted by molar-refractivity contribution is 5.77. The van der Waals surface area contributed by atoms with E-state index in [9.17, 15) is 14.9 Å². The van der Waals surface area contributed by atoms with Crippen LogP contribution in [0.15, 0.2) is 48.5 Å². The largest absolute Gasteiger partial charge is 0.362 e. The van der Waals surface area contributed by atoms with Crippen LogP contribution in [0.5, 0.6) is 0 Å². The van der Waals surface area contributed by atoms with Gasteiger partial charge in [0.15, 0.2) is 0 Å². The molecule has 0 bridgehead atoms. The summed E-state index contributed by atoms with van der Waals surface area (Å²) in [6.45, 7) is 6.75. The van der Waals surface area contributed by atoms with Crippen molar-refractivity contribution in [1.82, 2.24) is 4.90 Å². The lowest BCUT2D eigenvalue weighted by molar-refractivity contribution is -0.384. The van der Waals surface area contributed by atoms with Gasteiger partial charge in [-0.15, -0.1) is 0 Å². The van der Waals surface area contributed by atoms with Crippen LogP contribution in [0.2, 0.25) is 0 Å². The molecule has 1 aliphatic rings. The lowest BCUT2D eigenvalue weighted by atomic mass is 10.00. The summed E-state index contributed by atoms with van der Waals surface area (Å²) in [6, 6.07) is 15.3. The van der Waals surface area contributed by atoms with Crippen LogP contribution in [0, 0.1) is 10.1 Å². The first-order valence-corrected chi connectivity index (χ1v) is 9.80. The van der Waals surface area contributed by atoms with Crippen molar-refractivity contribution < 1.29 is 9.72 Å². The Balaban J connectivity index is 1.52. The summed E-state index contributed by atoms with van der Waals surface area (Å²) in [6.07, 6.45) is 1.23. The first-order chi connectivity index (χ1) is 13.5. The quantitative estimate of drug-likeness (QED) is 0.560. The Morgan fingerprint density at radius 3 is 2.29 bits per heavy atom. The van der Waals surface area contributed by atoms with Crippen LogP contribution < -0.4 is 4.90 Å². The predicted octanol–water partition coefficient (Wildman–Crippen LogP) is 4.00. The molecular weight excluding hydrogens is 354 g/mol. The predicted molar refractivity (Wildman–Crippen MR) is 111 cm³/mol. The standard InChI is InChI=1S/C22H27N3O3/c1-17(2)19-10-7-18(8-11-19)9-12-22(26)24-15-13-23(14-16-24)20-5-3-4-6-21(20)25(27)28/h3-8,10-11,17H,9,12-16H2,1-2H3. The molecule has 6 nitrogen and oxygen atoms in total. The van der Waals surface area contributed by atoms with Gasteiger partial charge in [0.2, 0.25) is 5.91 Å². The summed E-state index contributed by atoms with van der Waals surface area (Å²) in [7, 11) is 0. The molecule has 2 aromatic rings. The fourth-order valence-electron chi connectivity index (χ4n) is 3.56. The molecule has 1 saturated heterocycles. The summed E-state index contributed by atoms with van der Waals surface area (Å²) in [4.78, 5) is 27.3. The van der Waals surface area contributed by atoms with Crippen molar-refractivity contribution in [1.29, 1.82) is 0 Å². The number of nitrogens with zero attached hydrogens (tertiary/aromatic N) is 3. The second-order valence-electron chi connectivity index (χ2n) is 7.51. The SMILES string of the molecule is CC(C)c1ccc(CCC(=O)N2CCN(c3ccccc3[N+](=O)[O-])CC2)cc1. The van der Waals surface area contributed by atoms with Crippen LogP contribution in [0.4, 0.5) is 11.4 Å². The van der Waals surface area contributed by atoms with E-state index in [1.807, 2.05) is 15.9 Å². The molecule has 0 saturated carbocycles. The Morgan fingerprint density at radius 2 is 1.68 bits per heavy atom. The molecule has 1 fully saturated rings. The normalized spacial score (nSPS) is 14.4. The van der Waals surface area contributed by atoms with Crippen LogP contribution in [0.25, 0.3) is 0 Å². The van der Waals surface area contributed by atoms with Crippen LogP contribution in [-0.4, -0.2) is 41.9 Å². The molecule has 6 heteroatoms. The topological polar surface area (TPSA) is 66.7 Å².